The van der Waals surface area contributed by atoms with Gasteiger partial charge >= 0.3 is 5.97 Å². The number of carboxylic acid groups (broad SMARTS) is 1. The van der Waals surface area contributed by atoms with Gasteiger partial charge in [0.25, 0.3) is 17.6 Å². The molecule has 0 spiro atoms. The number of aliphatic carboxylic acids is 1. The highest BCUT2D eigenvalue weighted by Crippen LogP contribution is 2.40. The van der Waals surface area contributed by atoms with Crippen molar-refractivity contribution in [2.75, 3.05) is 23.8 Å². The zero-order valence-corrected chi connectivity index (χ0v) is 19.5. The van der Waals surface area contributed by atoms with Gasteiger partial charge in [-0.15, -0.1) is 18.2 Å². The van der Waals surface area contributed by atoms with Crippen molar-refractivity contribution < 1.29 is 28.9 Å². The van der Waals surface area contributed by atoms with Crippen molar-refractivity contribution in [1.82, 2.24) is 20.2 Å². The van der Waals surface area contributed by atoms with Crippen LogP contribution < -0.4 is 21.4 Å². The third-order valence-electron chi connectivity index (χ3n) is 5.28. The summed E-state index contributed by atoms with van der Waals surface area (Å²) in [6.07, 6.45) is 8.21. The first kappa shape index (κ1) is 24.5. The minimum absolute atomic E-state index is 0.0897. The van der Waals surface area contributed by atoms with E-state index in [1.807, 2.05) is 0 Å². The van der Waals surface area contributed by atoms with Gasteiger partial charge in [0.15, 0.2) is 12.4 Å². The maximum absolute atomic E-state index is 13.0. The van der Waals surface area contributed by atoms with Gasteiger partial charge in [0.2, 0.25) is 5.71 Å². The fraction of sp³-hybridized carbons (Fsp3) is 0.227. The first-order valence-electron chi connectivity index (χ1n) is 10.5. The molecule has 0 bridgehead atoms. The van der Waals surface area contributed by atoms with E-state index in [0.29, 0.717) is 17.1 Å². The number of carbonyl (C=O) groups is 3. The molecule has 2 amide bonds. The molecule has 1 unspecified atom stereocenters. The molecule has 0 aliphatic carbocycles. The molecule has 2 atom stereocenters. The zero-order chi connectivity index (χ0) is 25.8. The number of nitrogens with two attached hydrogens (primary N) is 2. The fourth-order valence-electron chi connectivity index (χ4n) is 3.66. The second-order valence-corrected chi connectivity index (χ2v) is 8.70. The fourth-order valence-corrected chi connectivity index (χ4v) is 4.99. The Bertz CT molecular complexity index is 1340. The lowest BCUT2D eigenvalue weighted by Crippen LogP contribution is -2.71. The Hall–Kier alpha value is -4.64. The van der Waals surface area contributed by atoms with Gasteiger partial charge in [-0.2, -0.15) is 0 Å². The Kier molecular flexibility index (Phi) is 7.02. The van der Waals surface area contributed by atoms with Crippen LogP contribution in [0.15, 0.2) is 53.1 Å². The van der Waals surface area contributed by atoms with Crippen LogP contribution in [0.25, 0.3) is 0 Å². The number of hydrogen-bond donors (Lipinski definition) is 4. The molecule has 13 nitrogen and oxygen atoms in total. The van der Waals surface area contributed by atoms with Crippen molar-refractivity contribution in [2.45, 2.75) is 18.0 Å². The smallest absolute Gasteiger partial charge is 0.352 e. The second-order valence-electron chi connectivity index (χ2n) is 7.59. The summed E-state index contributed by atoms with van der Waals surface area (Å²) in [5.41, 5.74) is 11.7. The number of nitrogens with zero attached hydrogens (tertiary/aromatic N) is 5. The molecule has 0 aromatic carbocycles. The number of nitrogens with one attached hydrogen (secondary N) is 1. The number of anilines is 2. The molecular formula is C22H21N8O5S+. The lowest BCUT2D eigenvalue weighted by atomic mass is 10.0. The van der Waals surface area contributed by atoms with Gasteiger partial charge < -0.3 is 21.0 Å². The molecule has 1 saturated heterocycles. The predicted molar refractivity (Wildman–Crippen MR) is 129 cm³/mol. The Labute approximate surface area is 209 Å². The van der Waals surface area contributed by atoms with E-state index in [9.17, 15) is 19.5 Å². The number of pyridine rings is 1. The number of nitrogen functional groups attached to an aromatic ring is 2. The Balaban J connectivity index is 1.55. The molecule has 36 heavy (non-hydrogen) atoms. The maximum atomic E-state index is 13.0. The monoisotopic (exact) mass is 509 g/mol. The lowest BCUT2D eigenvalue weighted by molar-refractivity contribution is -0.674. The van der Waals surface area contributed by atoms with E-state index in [4.69, 9.17) is 22.7 Å². The van der Waals surface area contributed by atoms with E-state index in [-0.39, 0.29) is 36.2 Å². The van der Waals surface area contributed by atoms with Crippen LogP contribution in [0.2, 0.25) is 0 Å². The second kappa shape index (κ2) is 10.3. The number of fused-ring (bicyclic) bond motifs is 1. The lowest BCUT2D eigenvalue weighted by Gasteiger charge is -2.49. The van der Waals surface area contributed by atoms with Gasteiger partial charge in [-0.25, -0.2) is 19.3 Å². The Morgan fingerprint density at radius 1 is 1.39 bits per heavy atom. The van der Waals surface area contributed by atoms with E-state index in [2.05, 4.69) is 26.4 Å². The van der Waals surface area contributed by atoms with E-state index < -0.39 is 29.2 Å². The van der Waals surface area contributed by atoms with Crippen LogP contribution >= 0.6 is 11.8 Å². The summed E-state index contributed by atoms with van der Waals surface area (Å²) in [4.78, 5) is 52.1. The third-order valence-corrected chi connectivity index (χ3v) is 6.62. The van der Waals surface area contributed by atoms with Crippen molar-refractivity contribution in [3.05, 3.63) is 53.8 Å². The highest BCUT2D eigenvalue weighted by molar-refractivity contribution is 8.00. The number of oxime groups is 1. The van der Waals surface area contributed by atoms with Gasteiger partial charge in [-0.05, 0) is 12.1 Å². The van der Waals surface area contributed by atoms with Gasteiger partial charge in [-0.1, -0.05) is 17.1 Å². The minimum atomic E-state index is -1.25. The number of thioether (sulfide) groups is 1. The first-order chi connectivity index (χ1) is 17.3. The number of aromatic nitrogens is 3. The van der Waals surface area contributed by atoms with Crippen LogP contribution in [-0.2, 0) is 25.8 Å². The summed E-state index contributed by atoms with van der Waals surface area (Å²) in [5.74, 6) is 0.292. The van der Waals surface area contributed by atoms with Crippen molar-refractivity contribution in [3.8, 4) is 12.3 Å². The van der Waals surface area contributed by atoms with Crippen LogP contribution in [0.1, 0.15) is 5.82 Å². The van der Waals surface area contributed by atoms with Crippen LogP contribution in [0.4, 0.5) is 11.6 Å². The molecular weight excluding hydrogens is 488 g/mol. The molecule has 4 heterocycles. The molecule has 6 N–H and O–H groups in total. The average molecular weight is 510 g/mol. The summed E-state index contributed by atoms with van der Waals surface area (Å²) in [7, 11) is 0. The van der Waals surface area contributed by atoms with Crippen molar-refractivity contribution >= 4 is 46.9 Å². The molecule has 4 rings (SSSR count). The number of carbonyl (C=O) groups excluding carboxylic acids is 2. The van der Waals surface area contributed by atoms with E-state index in [1.54, 1.807) is 29.0 Å². The van der Waals surface area contributed by atoms with E-state index >= 15 is 0 Å². The van der Waals surface area contributed by atoms with E-state index in [0.717, 1.165) is 0 Å². The molecule has 14 heteroatoms. The van der Waals surface area contributed by atoms with Gasteiger partial charge in [-0.3, -0.25) is 20.2 Å². The first-order valence-corrected chi connectivity index (χ1v) is 11.5. The summed E-state index contributed by atoms with van der Waals surface area (Å²) < 4.78 is 1.69. The molecule has 184 valence electrons. The Morgan fingerprint density at radius 3 is 2.89 bits per heavy atom. The molecule has 2 aliphatic rings. The van der Waals surface area contributed by atoms with Crippen LogP contribution in [-0.4, -0.2) is 67.2 Å². The van der Waals surface area contributed by atoms with Gasteiger partial charge in [0, 0.05) is 23.6 Å². The summed E-state index contributed by atoms with van der Waals surface area (Å²) in [6.45, 7) is -0.0158. The maximum Gasteiger partial charge on any atom is 0.352 e. The number of rotatable bonds is 8. The summed E-state index contributed by atoms with van der Waals surface area (Å²) in [5, 5.41) is 15.5. The van der Waals surface area contributed by atoms with Crippen LogP contribution in [0.5, 0.6) is 0 Å². The SMILES string of the molecule is C#CCON=C(C(=O)NC1C(=O)N2C(C(=O)O)=C(C[n+]3ccccc3N)CS[C@H]12)c1nccc(N)n1. The number of terminal acetylenes is 1. The van der Waals surface area contributed by atoms with Crippen LogP contribution in [0.3, 0.4) is 0 Å². The molecule has 1 fully saturated rings. The van der Waals surface area contributed by atoms with Crippen molar-refractivity contribution in [1.29, 1.82) is 0 Å². The van der Waals surface area contributed by atoms with Crippen molar-refractivity contribution in [3.63, 3.8) is 0 Å². The van der Waals surface area contributed by atoms with Crippen LogP contribution in [0, 0.1) is 12.3 Å². The van der Waals surface area contributed by atoms with Gasteiger partial charge in [0.05, 0.1) is 6.20 Å². The normalized spacial score (nSPS) is 19.1. The summed E-state index contributed by atoms with van der Waals surface area (Å²) in [6, 6.07) is 5.64. The van der Waals surface area contributed by atoms with E-state index in [1.165, 1.54) is 28.9 Å². The number of β-lactam (4-membered cyclic amide) rings is 1. The standard InChI is InChI=1S/C22H20N8O5S/c1-2-9-35-28-15(18-25-7-6-13(23)26-18)19(31)27-16-20(32)30-17(22(33)34)12(11-36-21(16)30)10-29-8-4-3-5-14(29)24/h1,3-8,16,21,24H,9-11H2,(H4,23,25,26,27,31,33,34)/p+1/t16?,21-/m1/s1. The number of carboxylic acids is 1. The zero-order valence-electron chi connectivity index (χ0n) is 18.7. The highest BCUT2D eigenvalue weighted by atomic mass is 32.2. The molecule has 2 aliphatic heterocycles. The minimum Gasteiger partial charge on any atom is -0.477 e. The van der Waals surface area contributed by atoms with Gasteiger partial charge in [0.1, 0.15) is 29.5 Å². The predicted octanol–water partition coefficient (Wildman–Crippen LogP) is -1.28. The highest BCUT2D eigenvalue weighted by Gasteiger charge is 2.54. The molecule has 2 aromatic rings. The largest absolute Gasteiger partial charge is 0.477 e. The summed E-state index contributed by atoms with van der Waals surface area (Å²) >= 11 is 1.32. The topological polar surface area (TPSA) is 190 Å². The molecule has 0 saturated carbocycles. The average Bonchev–Trinajstić information content (AvgIpc) is 2.86. The number of hydrogen-bond acceptors (Lipinski definition) is 10. The molecule has 2 aromatic heterocycles. The van der Waals surface area contributed by atoms with Crippen molar-refractivity contribution in [2.24, 2.45) is 5.16 Å². The number of amides is 2. The molecule has 0 radical (unpaired) electrons. The Morgan fingerprint density at radius 2 is 2.19 bits per heavy atom. The third kappa shape index (κ3) is 4.77. The quantitative estimate of drug-likeness (QED) is 0.0833.